The number of anilines is 1. The summed E-state index contributed by atoms with van der Waals surface area (Å²) >= 11 is 5.77. The number of nitrogen functional groups attached to an aromatic ring is 1. The number of aromatic amines is 1. The summed E-state index contributed by atoms with van der Waals surface area (Å²) in [4.78, 5) is 35.6. The number of carboxylic acids is 2. The Morgan fingerprint density at radius 1 is 1.29 bits per heavy atom. The van der Waals surface area contributed by atoms with Gasteiger partial charge in [0, 0.05) is 12.0 Å². The van der Waals surface area contributed by atoms with Crippen molar-refractivity contribution in [3.8, 4) is 11.4 Å². The van der Waals surface area contributed by atoms with Crippen LogP contribution in [0.1, 0.15) is 5.56 Å². The number of nitrogens with one attached hydrogen (secondary N) is 1. The van der Waals surface area contributed by atoms with Crippen LogP contribution in [0.15, 0.2) is 30.6 Å². The number of imidazole rings is 1. The number of hydrogen-bond acceptors (Lipinski definition) is 11. The lowest BCUT2D eigenvalue weighted by Crippen LogP contribution is -2.53. The number of benzene rings is 1. The molecule has 1 aromatic carbocycles. The number of alkyl halides is 1. The lowest BCUT2D eigenvalue weighted by molar-refractivity contribution is -0.280. The molecular weight excluding hydrogens is 493 g/mol. The Morgan fingerprint density at radius 2 is 2.06 bits per heavy atom. The fourth-order valence-corrected chi connectivity index (χ4v) is 3.31. The van der Waals surface area contributed by atoms with Crippen LogP contribution in [0.4, 0.5) is 10.2 Å². The number of nitrogens with zero attached hydrogens (tertiary/aromatic N) is 7. The molecule has 0 amide bonds. The number of nitrogens with two attached hydrogens (primary N) is 1. The average Bonchev–Trinajstić information content (AvgIpc) is 3.47. The van der Waals surface area contributed by atoms with E-state index in [1.807, 2.05) is 0 Å². The summed E-state index contributed by atoms with van der Waals surface area (Å²) in [5.41, 5.74) is 3.55. The monoisotopic (exact) mass is 507 g/mol. The van der Waals surface area contributed by atoms with Crippen LogP contribution in [0.25, 0.3) is 22.6 Å². The number of rotatable bonds is 10. The number of hydrogen-bond donors (Lipinski definition) is 4. The molecule has 0 aliphatic rings. The van der Waals surface area contributed by atoms with Gasteiger partial charge in [0.05, 0.1) is 6.33 Å². The van der Waals surface area contributed by atoms with E-state index in [1.54, 1.807) is 6.07 Å². The van der Waals surface area contributed by atoms with E-state index < -0.39 is 37.2 Å². The third-order valence-electron chi connectivity index (χ3n) is 4.78. The number of halogens is 2. The van der Waals surface area contributed by atoms with Crippen LogP contribution in [-0.2, 0) is 32.2 Å². The van der Waals surface area contributed by atoms with Crippen LogP contribution in [0.3, 0.4) is 0 Å². The molecule has 35 heavy (non-hydrogen) atoms. The van der Waals surface area contributed by atoms with E-state index in [-0.39, 0.29) is 33.7 Å². The first-order valence-electron chi connectivity index (χ1n) is 9.56. The van der Waals surface area contributed by atoms with Gasteiger partial charge >= 0.3 is 18.5 Å². The van der Waals surface area contributed by atoms with Crippen molar-refractivity contribution >= 4 is 40.5 Å². The van der Waals surface area contributed by atoms with Crippen LogP contribution < -0.4 is 5.73 Å². The van der Waals surface area contributed by atoms with Crippen molar-refractivity contribution in [2.24, 2.45) is 0 Å². The Labute approximate surface area is 198 Å². The molecule has 15 nitrogen and oxygen atoms in total. The van der Waals surface area contributed by atoms with E-state index in [0.29, 0.717) is 5.56 Å². The number of tetrazole rings is 1. The van der Waals surface area contributed by atoms with Crippen molar-refractivity contribution in [3.63, 3.8) is 0 Å². The summed E-state index contributed by atoms with van der Waals surface area (Å²) in [6.07, 6.45) is 0.449. The first kappa shape index (κ1) is 23.9. The molecular formula is C18H15ClFN9O6. The smallest absolute Gasteiger partial charge is 0.348 e. The van der Waals surface area contributed by atoms with Gasteiger partial charge in [-0.3, -0.25) is 9.30 Å². The first-order valence-corrected chi connectivity index (χ1v) is 9.94. The molecule has 5 N–H and O–H groups in total. The highest BCUT2D eigenvalue weighted by Crippen LogP contribution is 2.26. The Balaban J connectivity index is 1.53. The summed E-state index contributed by atoms with van der Waals surface area (Å²) in [5, 5.41) is 32.5. The first-order chi connectivity index (χ1) is 16.7. The van der Waals surface area contributed by atoms with E-state index in [4.69, 9.17) is 26.8 Å². The molecule has 0 fully saturated rings. The second-order valence-corrected chi connectivity index (χ2v) is 7.34. The van der Waals surface area contributed by atoms with Crippen LogP contribution >= 0.6 is 11.6 Å². The number of carboxylic acid groups (broad SMARTS) is 2. The quantitative estimate of drug-likeness (QED) is 0.132. The van der Waals surface area contributed by atoms with Gasteiger partial charge in [-0.25, -0.2) is 14.6 Å². The fourth-order valence-electron chi connectivity index (χ4n) is 3.14. The topological polar surface area (TPSA) is 217 Å². The minimum Gasteiger partial charge on any atom is -0.479 e. The standard InChI is InChI=1S/C18H15ClFN9O6/c19-16-23-11(21)10-13(24-16)29(6-22-10)7-34-17(20)35-18(14(30)31,15(32)33)5-8-2-1-3-9(4-8)12-25-27-28-26-12/h1-4,6,17H,5,7H2,(H,30,31)(H,32,33)(H2,21,23,24)(H,25,26,27,28). The molecule has 4 aromatic rings. The number of H-pyrrole nitrogens is 1. The molecule has 0 spiro atoms. The molecule has 4 rings (SSSR count). The van der Waals surface area contributed by atoms with Crippen molar-refractivity contribution < 1.29 is 33.7 Å². The minimum absolute atomic E-state index is 0.0226. The highest BCUT2D eigenvalue weighted by atomic mass is 35.5. The molecule has 17 heteroatoms. The minimum atomic E-state index is -3.03. The predicted molar refractivity (Wildman–Crippen MR) is 113 cm³/mol. The number of ether oxygens (including phenoxy) is 2. The number of aromatic nitrogens is 8. The van der Waals surface area contributed by atoms with Crippen LogP contribution in [0, 0.1) is 0 Å². The third kappa shape index (κ3) is 4.84. The highest BCUT2D eigenvalue weighted by molar-refractivity contribution is 6.28. The molecule has 0 aliphatic heterocycles. The summed E-state index contributed by atoms with van der Waals surface area (Å²) < 4.78 is 25.5. The van der Waals surface area contributed by atoms with Crippen LogP contribution in [-0.4, -0.2) is 74.4 Å². The van der Waals surface area contributed by atoms with Crippen molar-refractivity contribution in [1.29, 1.82) is 0 Å². The summed E-state index contributed by atoms with van der Waals surface area (Å²) in [7, 11) is 0. The zero-order chi connectivity index (χ0) is 25.2. The van der Waals surface area contributed by atoms with E-state index in [9.17, 15) is 24.2 Å². The fraction of sp³-hybridized carbons (Fsp3) is 0.222. The molecule has 182 valence electrons. The lowest BCUT2D eigenvalue weighted by Gasteiger charge is -2.27. The molecule has 0 saturated heterocycles. The van der Waals surface area contributed by atoms with Crippen molar-refractivity contribution in [2.45, 2.75) is 25.3 Å². The van der Waals surface area contributed by atoms with E-state index in [1.165, 1.54) is 29.1 Å². The van der Waals surface area contributed by atoms with Gasteiger partial charge in [0.25, 0.3) is 5.60 Å². The second kappa shape index (κ2) is 9.53. The van der Waals surface area contributed by atoms with Gasteiger partial charge in [-0.15, -0.1) is 10.2 Å². The van der Waals surface area contributed by atoms with Crippen molar-refractivity contribution in [2.75, 3.05) is 5.73 Å². The van der Waals surface area contributed by atoms with Gasteiger partial charge in [0.1, 0.15) is 12.2 Å². The zero-order valence-corrected chi connectivity index (χ0v) is 18.1. The van der Waals surface area contributed by atoms with E-state index >= 15 is 0 Å². The maximum Gasteiger partial charge on any atom is 0.348 e. The molecule has 0 radical (unpaired) electrons. The van der Waals surface area contributed by atoms with Gasteiger partial charge in [-0.05, 0) is 28.4 Å². The highest BCUT2D eigenvalue weighted by Gasteiger charge is 2.50. The van der Waals surface area contributed by atoms with E-state index in [0.717, 1.165) is 0 Å². The maximum atomic E-state index is 14.7. The molecule has 3 heterocycles. The molecule has 3 aromatic heterocycles. The maximum absolute atomic E-state index is 14.7. The molecule has 0 aliphatic carbocycles. The number of carbonyl (C=O) groups is 2. The summed E-state index contributed by atoms with van der Waals surface area (Å²) in [6, 6.07) is 5.97. The average molecular weight is 508 g/mol. The van der Waals surface area contributed by atoms with Gasteiger partial charge in [0.15, 0.2) is 11.5 Å². The predicted octanol–water partition coefficient (Wildman–Crippen LogP) is 0.636. The van der Waals surface area contributed by atoms with Crippen molar-refractivity contribution in [1.82, 2.24) is 40.1 Å². The van der Waals surface area contributed by atoms with Gasteiger partial charge < -0.3 is 20.7 Å². The molecule has 1 atom stereocenters. The van der Waals surface area contributed by atoms with Crippen molar-refractivity contribution in [3.05, 3.63) is 41.4 Å². The Hall–Kier alpha value is -4.28. The molecule has 0 bridgehead atoms. The summed E-state index contributed by atoms with van der Waals surface area (Å²) in [5.74, 6) is -3.72. The third-order valence-corrected chi connectivity index (χ3v) is 4.95. The Kier molecular flexibility index (Phi) is 6.50. The largest absolute Gasteiger partial charge is 0.479 e. The normalized spacial score (nSPS) is 12.6. The zero-order valence-electron chi connectivity index (χ0n) is 17.4. The molecule has 1 unspecified atom stereocenters. The van der Waals surface area contributed by atoms with Crippen LogP contribution in [0.2, 0.25) is 5.28 Å². The number of aliphatic carboxylic acids is 2. The van der Waals surface area contributed by atoms with Gasteiger partial charge in [0.2, 0.25) is 11.1 Å². The second-order valence-electron chi connectivity index (χ2n) is 7.00. The van der Waals surface area contributed by atoms with Gasteiger partial charge in [-0.2, -0.15) is 19.6 Å². The Morgan fingerprint density at radius 3 is 2.74 bits per heavy atom. The molecule has 0 saturated carbocycles. The van der Waals surface area contributed by atoms with Gasteiger partial charge in [-0.1, -0.05) is 18.2 Å². The summed E-state index contributed by atoms with van der Waals surface area (Å²) in [6.45, 7) is -3.36. The number of fused-ring (bicyclic) bond motifs is 1. The van der Waals surface area contributed by atoms with E-state index in [2.05, 4.69) is 35.6 Å². The SMILES string of the molecule is Nc1nc(Cl)nc2c1ncn2COC(F)OC(Cc1cccc(-c2nn[nH]n2)c1)(C(=O)O)C(=O)O. The Bertz CT molecular complexity index is 1370. The lowest BCUT2D eigenvalue weighted by atomic mass is 9.93. The van der Waals surface area contributed by atoms with Crippen LogP contribution in [0.5, 0.6) is 0 Å².